The molecule has 0 aliphatic carbocycles. The summed E-state index contributed by atoms with van der Waals surface area (Å²) in [6, 6.07) is 0. The van der Waals surface area contributed by atoms with Crippen LogP contribution in [0.4, 0.5) is 0 Å². The van der Waals surface area contributed by atoms with Crippen molar-refractivity contribution < 1.29 is 9.53 Å². The molecular weight excluding hydrogens is 154 g/mol. The van der Waals surface area contributed by atoms with Crippen molar-refractivity contribution in [3.8, 4) is 0 Å². The fraction of sp³-hybridized carbons (Fsp3) is 0.889. The van der Waals surface area contributed by atoms with E-state index in [1.54, 1.807) is 0 Å². The van der Waals surface area contributed by atoms with Crippen LogP contribution in [0.1, 0.15) is 32.6 Å². The molecule has 0 aliphatic rings. The van der Waals surface area contributed by atoms with Gasteiger partial charge in [-0.05, 0) is 6.42 Å². The fourth-order valence-electron chi connectivity index (χ4n) is 0.876. The highest BCUT2D eigenvalue weighted by Gasteiger charge is 1.96. The van der Waals surface area contributed by atoms with Gasteiger partial charge in [-0.3, -0.25) is 4.79 Å². The van der Waals surface area contributed by atoms with E-state index in [1.807, 2.05) is 0 Å². The first-order valence-corrected chi connectivity index (χ1v) is 4.60. The van der Waals surface area contributed by atoms with Gasteiger partial charge in [0.2, 0.25) is 0 Å². The summed E-state index contributed by atoms with van der Waals surface area (Å²) in [6.07, 6.45) is 4.70. The van der Waals surface area contributed by atoms with Gasteiger partial charge in [-0.25, -0.2) is 0 Å². The SMILES string of the molecule is CCCCCCOCC(=O)CN. The number of ketones is 1. The monoisotopic (exact) mass is 173 g/mol. The molecule has 0 radical (unpaired) electrons. The second-order valence-electron chi connectivity index (χ2n) is 2.86. The molecule has 0 saturated carbocycles. The summed E-state index contributed by atoms with van der Waals surface area (Å²) >= 11 is 0. The van der Waals surface area contributed by atoms with Crippen LogP contribution in [0.5, 0.6) is 0 Å². The second-order valence-corrected chi connectivity index (χ2v) is 2.86. The summed E-state index contributed by atoms with van der Waals surface area (Å²) in [5.74, 6) is -0.0227. The van der Waals surface area contributed by atoms with Gasteiger partial charge in [0, 0.05) is 6.61 Å². The Kier molecular flexibility index (Phi) is 8.39. The molecule has 2 N–H and O–H groups in total. The average molecular weight is 173 g/mol. The average Bonchev–Trinajstić information content (AvgIpc) is 2.10. The number of hydrogen-bond acceptors (Lipinski definition) is 3. The largest absolute Gasteiger partial charge is 0.374 e. The number of rotatable bonds is 8. The zero-order valence-corrected chi connectivity index (χ0v) is 7.84. The minimum absolute atomic E-state index is 0.0227. The number of carbonyl (C=O) groups excluding carboxylic acids is 1. The Morgan fingerprint density at radius 1 is 1.33 bits per heavy atom. The molecule has 12 heavy (non-hydrogen) atoms. The van der Waals surface area contributed by atoms with E-state index in [1.165, 1.54) is 19.3 Å². The third-order valence-corrected chi connectivity index (χ3v) is 1.63. The Labute approximate surface area is 74.3 Å². The number of unbranched alkanes of at least 4 members (excludes halogenated alkanes) is 3. The maximum Gasteiger partial charge on any atom is 0.171 e. The lowest BCUT2D eigenvalue weighted by Gasteiger charge is -2.01. The van der Waals surface area contributed by atoms with E-state index < -0.39 is 0 Å². The smallest absolute Gasteiger partial charge is 0.171 e. The molecule has 0 unspecified atom stereocenters. The van der Waals surface area contributed by atoms with Gasteiger partial charge in [0.15, 0.2) is 5.78 Å². The number of nitrogens with two attached hydrogens (primary N) is 1. The van der Waals surface area contributed by atoms with E-state index in [0.717, 1.165) is 6.42 Å². The molecule has 0 heterocycles. The minimum Gasteiger partial charge on any atom is -0.374 e. The summed E-state index contributed by atoms with van der Waals surface area (Å²) in [5, 5.41) is 0. The van der Waals surface area contributed by atoms with Crippen molar-refractivity contribution in [2.75, 3.05) is 19.8 Å². The predicted octanol–water partition coefficient (Wildman–Crippen LogP) is 1.11. The summed E-state index contributed by atoms with van der Waals surface area (Å²) in [6.45, 7) is 3.13. The van der Waals surface area contributed by atoms with Crippen LogP contribution in [-0.4, -0.2) is 25.5 Å². The van der Waals surface area contributed by atoms with Gasteiger partial charge in [-0.1, -0.05) is 26.2 Å². The number of Topliss-reactive ketones (excluding diaryl/α,β-unsaturated/α-hetero) is 1. The van der Waals surface area contributed by atoms with E-state index in [4.69, 9.17) is 10.5 Å². The van der Waals surface area contributed by atoms with Crippen LogP contribution >= 0.6 is 0 Å². The highest BCUT2D eigenvalue weighted by atomic mass is 16.5. The van der Waals surface area contributed by atoms with E-state index in [0.29, 0.717) is 6.61 Å². The maximum atomic E-state index is 10.7. The molecular formula is C9H19NO2. The molecule has 0 amide bonds. The predicted molar refractivity (Wildman–Crippen MR) is 49.0 cm³/mol. The van der Waals surface area contributed by atoms with Gasteiger partial charge >= 0.3 is 0 Å². The first-order valence-electron chi connectivity index (χ1n) is 4.60. The zero-order valence-electron chi connectivity index (χ0n) is 7.84. The third-order valence-electron chi connectivity index (χ3n) is 1.63. The lowest BCUT2D eigenvalue weighted by atomic mass is 10.2. The summed E-state index contributed by atoms with van der Waals surface area (Å²) in [7, 11) is 0. The summed E-state index contributed by atoms with van der Waals surface area (Å²) in [4.78, 5) is 10.7. The second kappa shape index (κ2) is 8.68. The van der Waals surface area contributed by atoms with Crippen molar-refractivity contribution in [2.24, 2.45) is 5.73 Å². The molecule has 0 atom stereocenters. The van der Waals surface area contributed by atoms with Crippen molar-refractivity contribution in [1.82, 2.24) is 0 Å². The van der Waals surface area contributed by atoms with Gasteiger partial charge in [0.05, 0.1) is 6.54 Å². The molecule has 0 bridgehead atoms. The van der Waals surface area contributed by atoms with Crippen molar-refractivity contribution in [2.45, 2.75) is 32.6 Å². The number of carbonyl (C=O) groups is 1. The lowest BCUT2D eigenvalue weighted by molar-refractivity contribution is -0.122. The van der Waals surface area contributed by atoms with E-state index in [-0.39, 0.29) is 18.9 Å². The number of hydrogen-bond donors (Lipinski definition) is 1. The fourth-order valence-corrected chi connectivity index (χ4v) is 0.876. The molecule has 72 valence electrons. The molecule has 0 aromatic heterocycles. The Bertz CT molecular complexity index is 115. The van der Waals surface area contributed by atoms with E-state index >= 15 is 0 Å². The summed E-state index contributed by atoms with van der Waals surface area (Å²) < 4.78 is 5.10. The van der Waals surface area contributed by atoms with Crippen LogP contribution in [0.25, 0.3) is 0 Å². The molecule has 0 aromatic rings. The van der Waals surface area contributed by atoms with E-state index in [9.17, 15) is 4.79 Å². The van der Waals surface area contributed by atoms with E-state index in [2.05, 4.69) is 6.92 Å². The van der Waals surface area contributed by atoms with Crippen molar-refractivity contribution in [3.05, 3.63) is 0 Å². The van der Waals surface area contributed by atoms with Gasteiger partial charge in [0.1, 0.15) is 6.61 Å². The Balaban J connectivity index is 2.95. The molecule has 0 fully saturated rings. The van der Waals surface area contributed by atoms with Gasteiger partial charge in [-0.15, -0.1) is 0 Å². The Morgan fingerprint density at radius 3 is 2.67 bits per heavy atom. The molecule has 0 aliphatic heterocycles. The van der Waals surface area contributed by atoms with Crippen LogP contribution in [0.2, 0.25) is 0 Å². The van der Waals surface area contributed by atoms with Gasteiger partial charge in [0.25, 0.3) is 0 Å². The highest BCUT2D eigenvalue weighted by molar-refractivity contribution is 5.81. The van der Waals surface area contributed by atoms with Crippen LogP contribution < -0.4 is 5.73 Å². The highest BCUT2D eigenvalue weighted by Crippen LogP contribution is 1.98. The van der Waals surface area contributed by atoms with Crippen molar-refractivity contribution in [3.63, 3.8) is 0 Å². The van der Waals surface area contributed by atoms with Crippen LogP contribution in [0.15, 0.2) is 0 Å². The Morgan fingerprint density at radius 2 is 2.08 bits per heavy atom. The quantitative estimate of drug-likeness (QED) is 0.559. The van der Waals surface area contributed by atoms with Crippen molar-refractivity contribution >= 4 is 5.78 Å². The van der Waals surface area contributed by atoms with Gasteiger partial charge < -0.3 is 10.5 Å². The minimum atomic E-state index is -0.0227. The molecule has 0 rings (SSSR count). The third kappa shape index (κ3) is 7.69. The van der Waals surface area contributed by atoms with Crippen LogP contribution in [0.3, 0.4) is 0 Å². The molecule has 3 heteroatoms. The first-order chi connectivity index (χ1) is 5.81. The van der Waals surface area contributed by atoms with Gasteiger partial charge in [-0.2, -0.15) is 0 Å². The summed E-state index contributed by atoms with van der Waals surface area (Å²) in [5.41, 5.74) is 5.10. The van der Waals surface area contributed by atoms with Crippen LogP contribution in [-0.2, 0) is 9.53 Å². The number of ether oxygens (including phenoxy) is 1. The zero-order chi connectivity index (χ0) is 9.23. The topological polar surface area (TPSA) is 52.3 Å². The lowest BCUT2D eigenvalue weighted by Crippen LogP contribution is -2.19. The maximum absolute atomic E-state index is 10.7. The molecule has 0 aromatic carbocycles. The van der Waals surface area contributed by atoms with Crippen molar-refractivity contribution in [1.29, 1.82) is 0 Å². The normalized spacial score (nSPS) is 10.2. The Hall–Kier alpha value is -0.410. The molecule has 3 nitrogen and oxygen atoms in total. The standard InChI is InChI=1S/C9H19NO2/c1-2-3-4-5-6-12-8-9(11)7-10/h2-8,10H2,1H3. The molecule has 0 saturated heterocycles. The first kappa shape index (κ1) is 11.6. The van der Waals surface area contributed by atoms with Crippen LogP contribution in [0, 0.1) is 0 Å². The molecule has 0 spiro atoms.